The Morgan fingerprint density at radius 3 is 2.65 bits per heavy atom. The molecule has 1 heterocycles. The molecule has 1 unspecified atom stereocenters. The van der Waals surface area contributed by atoms with Crippen molar-refractivity contribution in [3.05, 3.63) is 21.9 Å². The average Bonchev–Trinajstić information content (AvgIpc) is 2.63. The molecule has 0 aliphatic heterocycles. The summed E-state index contributed by atoms with van der Waals surface area (Å²) >= 11 is 1.47. The SMILES string of the molecule is CCCC(CC(=O)O)NC(=O)c1cscc1C. The third-order valence-corrected chi connectivity index (χ3v) is 3.35. The molecular weight excluding hydrogens is 238 g/mol. The molecule has 0 aromatic carbocycles. The third kappa shape index (κ3) is 4.19. The van der Waals surface area contributed by atoms with E-state index in [2.05, 4.69) is 5.32 Å². The topological polar surface area (TPSA) is 66.4 Å². The number of hydrogen-bond acceptors (Lipinski definition) is 3. The van der Waals surface area contributed by atoms with Crippen LogP contribution in [-0.4, -0.2) is 23.0 Å². The van der Waals surface area contributed by atoms with Crippen LogP contribution in [0.3, 0.4) is 0 Å². The van der Waals surface area contributed by atoms with Gasteiger partial charge in [-0.15, -0.1) is 0 Å². The van der Waals surface area contributed by atoms with Crippen LogP contribution in [0.15, 0.2) is 10.8 Å². The highest BCUT2D eigenvalue weighted by molar-refractivity contribution is 7.08. The number of rotatable bonds is 6. The number of nitrogens with one attached hydrogen (secondary N) is 1. The van der Waals surface area contributed by atoms with Crippen LogP contribution in [0.5, 0.6) is 0 Å². The number of aliphatic carboxylic acids is 1. The molecule has 0 saturated heterocycles. The minimum Gasteiger partial charge on any atom is -0.481 e. The molecule has 4 nitrogen and oxygen atoms in total. The maximum Gasteiger partial charge on any atom is 0.305 e. The summed E-state index contributed by atoms with van der Waals surface area (Å²) in [5.74, 6) is -1.06. The largest absolute Gasteiger partial charge is 0.481 e. The summed E-state index contributed by atoms with van der Waals surface area (Å²) < 4.78 is 0. The fourth-order valence-corrected chi connectivity index (χ4v) is 2.47. The van der Waals surface area contributed by atoms with Gasteiger partial charge in [-0.05, 0) is 24.3 Å². The fraction of sp³-hybridized carbons (Fsp3) is 0.500. The highest BCUT2D eigenvalue weighted by Crippen LogP contribution is 2.14. The smallest absolute Gasteiger partial charge is 0.305 e. The van der Waals surface area contributed by atoms with Crippen LogP contribution in [0, 0.1) is 6.92 Å². The monoisotopic (exact) mass is 255 g/mol. The van der Waals surface area contributed by atoms with Gasteiger partial charge in [-0.1, -0.05) is 13.3 Å². The van der Waals surface area contributed by atoms with E-state index in [0.29, 0.717) is 12.0 Å². The number of carboxylic acid groups (broad SMARTS) is 1. The summed E-state index contributed by atoms with van der Waals surface area (Å²) in [4.78, 5) is 22.6. The van der Waals surface area contributed by atoms with E-state index in [4.69, 9.17) is 5.11 Å². The average molecular weight is 255 g/mol. The first-order valence-corrected chi connectivity index (χ1v) is 6.54. The molecule has 1 atom stereocenters. The van der Waals surface area contributed by atoms with E-state index < -0.39 is 5.97 Å². The quantitative estimate of drug-likeness (QED) is 0.820. The standard InChI is InChI=1S/C12H17NO3S/c1-3-4-9(5-11(14)15)13-12(16)10-7-17-6-8(10)2/h6-7,9H,3-5H2,1-2H3,(H,13,16)(H,14,15). The molecule has 0 saturated carbocycles. The highest BCUT2D eigenvalue weighted by atomic mass is 32.1. The van der Waals surface area contributed by atoms with E-state index in [0.717, 1.165) is 12.0 Å². The summed E-state index contributed by atoms with van der Waals surface area (Å²) in [5, 5.41) is 15.2. The lowest BCUT2D eigenvalue weighted by atomic mass is 10.1. The second-order valence-electron chi connectivity index (χ2n) is 4.03. The summed E-state index contributed by atoms with van der Waals surface area (Å²) in [5.41, 5.74) is 1.57. The molecule has 2 N–H and O–H groups in total. The Morgan fingerprint density at radius 2 is 2.18 bits per heavy atom. The van der Waals surface area contributed by atoms with E-state index in [1.807, 2.05) is 19.2 Å². The number of hydrogen-bond donors (Lipinski definition) is 2. The van der Waals surface area contributed by atoms with Gasteiger partial charge < -0.3 is 10.4 Å². The van der Waals surface area contributed by atoms with Crippen LogP contribution in [0.4, 0.5) is 0 Å². The lowest BCUT2D eigenvalue weighted by Gasteiger charge is -2.15. The Morgan fingerprint density at radius 1 is 1.47 bits per heavy atom. The Labute approximate surface area is 105 Å². The first kappa shape index (κ1) is 13.7. The first-order chi connectivity index (χ1) is 8.04. The summed E-state index contributed by atoms with van der Waals surface area (Å²) in [6.07, 6.45) is 1.50. The van der Waals surface area contributed by atoms with Gasteiger partial charge in [-0.25, -0.2) is 0 Å². The number of thiophene rings is 1. The second kappa shape index (κ2) is 6.39. The molecule has 17 heavy (non-hydrogen) atoms. The van der Waals surface area contributed by atoms with Gasteiger partial charge in [-0.3, -0.25) is 9.59 Å². The molecule has 1 aromatic rings. The molecule has 0 aliphatic carbocycles. The van der Waals surface area contributed by atoms with Crippen molar-refractivity contribution in [3.8, 4) is 0 Å². The zero-order valence-corrected chi connectivity index (χ0v) is 10.8. The van der Waals surface area contributed by atoms with Crippen LogP contribution in [0.1, 0.15) is 42.1 Å². The molecule has 0 bridgehead atoms. The van der Waals surface area contributed by atoms with Gasteiger partial charge in [-0.2, -0.15) is 11.3 Å². The number of amides is 1. The molecule has 0 spiro atoms. The Bertz CT molecular complexity index is 400. The molecule has 94 valence electrons. The van der Waals surface area contributed by atoms with E-state index in [-0.39, 0.29) is 18.4 Å². The van der Waals surface area contributed by atoms with E-state index in [9.17, 15) is 9.59 Å². The van der Waals surface area contributed by atoms with Gasteiger partial charge in [0.2, 0.25) is 0 Å². The van der Waals surface area contributed by atoms with Crippen LogP contribution >= 0.6 is 11.3 Å². The molecule has 0 fully saturated rings. The van der Waals surface area contributed by atoms with Gasteiger partial charge in [0.15, 0.2) is 0 Å². The lowest BCUT2D eigenvalue weighted by Crippen LogP contribution is -2.36. The first-order valence-electron chi connectivity index (χ1n) is 5.60. The Kier molecular flexibility index (Phi) is 5.15. The number of carboxylic acids is 1. The minimum atomic E-state index is -0.884. The third-order valence-electron chi connectivity index (χ3n) is 2.49. The summed E-state index contributed by atoms with van der Waals surface area (Å²) in [6, 6.07) is -0.288. The normalized spacial score (nSPS) is 12.1. The van der Waals surface area contributed by atoms with Crippen molar-refractivity contribution >= 4 is 23.2 Å². The van der Waals surface area contributed by atoms with Crippen molar-refractivity contribution in [1.29, 1.82) is 0 Å². The van der Waals surface area contributed by atoms with Gasteiger partial charge in [0.1, 0.15) is 0 Å². The van der Waals surface area contributed by atoms with Crippen LogP contribution in [0.25, 0.3) is 0 Å². The molecule has 1 amide bonds. The van der Waals surface area contributed by atoms with Crippen LogP contribution < -0.4 is 5.32 Å². The number of carbonyl (C=O) groups excluding carboxylic acids is 1. The van der Waals surface area contributed by atoms with Crippen molar-refractivity contribution < 1.29 is 14.7 Å². The molecule has 1 aromatic heterocycles. The summed E-state index contributed by atoms with van der Waals surface area (Å²) in [6.45, 7) is 3.84. The van der Waals surface area contributed by atoms with E-state index in [1.54, 1.807) is 5.38 Å². The summed E-state index contributed by atoms with van der Waals surface area (Å²) in [7, 11) is 0. The van der Waals surface area contributed by atoms with E-state index in [1.165, 1.54) is 11.3 Å². The van der Waals surface area contributed by atoms with Gasteiger partial charge in [0, 0.05) is 11.4 Å². The number of aryl methyl sites for hydroxylation is 1. The second-order valence-corrected chi connectivity index (χ2v) is 4.77. The van der Waals surface area contributed by atoms with Gasteiger partial charge >= 0.3 is 5.97 Å². The van der Waals surface area contributed by atoms with Gasteiger partial charge in [0.25, 0.3) is 5.91 Å². The maximum atomic E-state index is 11.9. The highest BCUT2D eigenvalue weighted by Gasteiger charge is 2.17. The zero-order valence-electron chi connectivity index (χ0n) is 10.0. The van der Waals surface area contributed by atoms with Crippen LogP contribution in [-0.2, 0) is 4.79 Å². The van der Waals surface area contributed by atoms with Crippen molar-refractivity contribution in [1.82, 2.24) is 5.32 Å². The molecular formula is C12H17NO3S. The molecule has 0 aliphatic rings. The minimum absolute atomic E-state index is 0.0250. The molecule has 1 rings (SSSR count). The zero-order chi connectivity index (χ0) is 12.8. The molecule has 0 radical (unpaired) electrons. The van der Waals surface area contributed by atoms with Crippen molar-refractivity contribution in [3.63, 3.8) is 0 Å². The Hall–Kier alpha value is -1.36. The van der Waals surface area contributed by atoms with Crippen molar-refractivity contribution in [2.75, 3.05) is 0 Å². The predicted molar refractivity (Wildman–Crippen MR) is 67.5 cm³/mol. The van der Waals surface area contributed by atoms with Gasteiger partial charge in [0.05, 0.1) is 12.0 Å². The fourth-order valence-electron chi connectivity index (χ4n) is 1.64. The number of carbonyl (C=O) groups is 2. The Balaban J connectivity index is 2.64. The van der Waals surface area contributed by atoms with Crippen molar-refractivity contribution in [2.24, 2.45) is 0 Å². The van der Waals surface area contributed by atoms with E-state index >= 15 is 0 Å². The van der Waals surface area contributed by atoms with Crippen LogP contribution in [0.2, 0.25) is 0 Å². The molecule has 5 heteroatoms. The predicted octanol–water partition coefficient (Wildman–Crippen LogP) is 2.43. The van der Waals surface area contributed by atoms with Crippen molar-refractivity contribution in [2.45, 2.75) is 39.2 Å². The maximum absolute atomic E-state index is 11.9. The lowest BCUT2D eigenvalue weighted by molar-refractivity contribution is -0.137.